The molecule has 5 heteroatoms. The lowest BCUT2D eigenvalue weighted by molar-refractivity contribution is 0.135. The van der Waals surface area contributed by atoms with Crippen molar-refractivity contribution in [3.05, 3.63) is 0 Å². The van der Waals surface area contributed by atoms with Crippen molar-refractivity contribution in [1.82, 2.24) is 5.32 Å². The quantitative estimate of drug-likeness (QED) is 0.573. The Morgan fingerprint density at radius 1 is 1.42 bits per heavy atom. The summed E-state index contributed by atoms with van der Waals surface area (Å²) in [5.74, 6) is 0. The Morgan fingerprint density at radius 2 is 2.00 bits per heavy atom. The third-order valence-electron chi connectivity index (χ3n) is 2.85. The summed E-state index contributed by atoms with van der Waals surface area (Å²) >= 11 is 0. The van der Waals surface area contributed by atoms with Crippen molar-refractivity contribution < 1.29 is 9.90 Å². The SMILES string of the molecule is Cl.NC12CCC(NC(=O)O)(C1)C2. The van der Waals surface area contributed by atoms with Crippen LogP contribution in [0.15, 0.2) is 0 Å². The zero-order valence-corrected chi connectivity index (χ0v) is 7.49. The van der Waals surface area contributed by atoms with Crippen LogP contribution in [0, 0.1) is 0 Å². The van der Waals surface area contributed by atoms with Crippen LogP contribution >= 0.6 is 12.4 Å². The van der Waals surface area contributed by atoms with E-state index in [1.54, 1.807) is 0 Å². The number of nitrogens with two attached hydrogens (primary N) is 1. The van der Waals surface area contributed by atoms with Crippen molar-refractivity contribution in [3.63, 3.8) is 0 Å². The number of halogens is 1. The molecule has 70 valence electrons. The van der Waals surface area contributed by atoms with Gasteiger partial charge in [0, 0.05) is 11.1 Å². The molecule has 12 heavy (non-hydrogen) atoms. The molecule has 3 fully saturated rings. The molecule has 0 aromatic carbocycles. The van der Waals surface area contributed by atoms with E-state index in [1.165, 1.54) is 0 Å². The van der Waals surface area contributed by atoms with Crippen molar-refractivity contribution >= 4 is 18.5 Å². The zero-order chi connectivity index (χ0) is 8.11. The topological polar surface area (TPSA) is 75.3 Å². The van der Waals surface area contributed by atoms with Gasteiger partial charge in [0.05, 0.1) is 0 Å². The fourth-order valence-corrected chi connectivity index (χ4v) is 2.52. The van der Waals surface area contributed by atoms with Gasteiger partial charge in [-0.3, -0.25) is 0 Å². The summed E-state index contributed by atoms with van der Waals surface area (Å²) in [6, 6.07) is 0. The third-order valence-corrected chi connectivity index (χ3v) is 2.85. The van der Waals surface area contributed by atoms with E-state index >= 15 is 0 Å². The van der Waals surface area contributed by atoms with Gasteiger partial charge in [-0.15, -0.1) is 12.4 Å². The van der Waals surface area contributed by atoms with Gasteiger partial charge in [0.1, 0.15) is 0 Å². The van der Waals surface area contributed by atoms with E-state index in [2.05, 4.69) is 5.32 Å². The number of nitrogens with one attached hydrogen (secondary N) is 1. The van der Waals surface area contributed by atoms with E-state index < -0.39 is 6.09 Å². The minimum absolute atomic E-state index is 0. The fraction of sp³-hybridized carbons (Fsp3) is 0.857. The lowest BCUT2D eigenvalue weighted by Gasteiger charge is -2.44. The van der Waals surface area contributed by atoms with Gasteiger partial charge in [0.25, 0.3) is 0 Å². The molecule has 0 unspecified atom stereocenters. The molecular weight excluding hydrogens is 180 g/mol. The second kappa shape index (κ2) is 2.50. The standard InChI is InChI=1S/C7H12N2O2.ClH/c8-6-1-2-7(3-6,4-6)9-5(10)11;/h9H,1-4,8H2,(H,10,11);1H. The van der Waals surface area contributed by atoms with Crippen molar-refractivity contribution in [2.24, 2.45) is 5.73 Å². The number of amides is 1. The summed E-state index contributed by atoms with van der Waals surface area (Å²) in [6.07, 6.45) is 2.61. The van der Waals surface area contributed by atoms with Gasteiger partial charge in [-0.1, -0.05) is 0 Å². The Hall–Kier alpha value is -0.480. The van der Waals surface area contributed by atoms with Crippen LogP contribution in [0.25, 0.3) is 0 Å². The maximum Gasteiger partial charge on any atom is 0.405 e. The molecule has 3 aliphatic rings. The molecule has 0 atom stereocenters. The highest BCUT2D eigenvalue weighted by molar-refractivity contribution is 5.85. The van der Waals surface area contributed by atoms with E-state index in [9.17, 15) is 4.79 Å². The Bertz CT molecular complexity index is 213. The maximum absolute atomic E-state index is 10.3. The van der Waals surface area contributed by atoms with Crippen LogP contribution in [0.1, 0.15) is 25.7 Å². The lowest BCUT2D eigenvalue weighted by Crippen LogP contribution is -2.61. The second-order valence-electron chi connectivity index (χ2n) is 3.93. The summed E-state index contributed by atoms with van der Waals surface area (Å²) in [6.45, 7) is 0. The summed E-state index contributed by atoms with van der Waals surface area (Å²) < 4.78 is 0. The third kappa shape index (κ3) is 1.25. The minimum Gasteiger partial charge on any atom is -0.465 e. The number of fused-ring (bicyclic) bond motifs is 1. The Morgan fingerprint density at radius 3 is 2.33 bits per heavy atom. The first kappa shape index (κ1) is 9.61. The number of hydrogen-bond acceptors (Lipinski definition) is 2. The molecule has 0 heterocycles. The highest BCUT2D eigenvalue weighted by Crippen LogP contribution is 2.53. The predicted molar refractivity (Wildman–Crippen MR) is 46.5 cm³/mol. The Balaban J connectivity index is 0.000000720. The van der Waals surface area contributed by atoms with E-state index in [0.29, 0.717) is 0 Å². The smallest absolute Gasteiger partial charge is 0.405 e. The monoisotopic (exact) mass is 192 g/mol. The number of carbonyl (C=O) groups is 1. The molecule has 3 saturated carbocycles. The average molecular weight is 193 g/mol. The van der Waals surface area contributed by atoms with Crippen molar-refractivity contribution in [2.75, 3.05) is 0 Å². The van der Waals surface area contributed by atoms with Crippen molar-refractivity contribution in [1.29, 1.82) is 0 Å². The zero-order valence-electron chi connectivity index (χ0n) is 6.67. The van der Waals surface area contributed by atoms with E-state index in [-0.39, 0.29) is 23.5 Å². The van der Waals surface area contributed by atoms with Gasteiger partial charge in [-0.2, -0.15) is 0 Å². The van der Waals surface area contributed by atoms with E-state index in [4.69, 9.17) is 10.8 Å². The largest absolute Gasteiger partial charge is 0.465 e. The molecule has 2 bridgehead atoms. The van der Waals surface area contributed by atoms with Crippen molar-refractivity contribution in [3.8, 4) is 0 Å². The van der Waals surface area contributed by atoms with Gasteiger partial charge < -0.3 is 16.2 Å². The van der Waals surface area contributed by atoms with E-state index in [0.717, 1.165) is 25.7 Å². The first-order valence-corrected chi connectivity index (χ1v) is 3.84. The van der Waals surface area contributed by atoms with Crippen LogP contribution in [-0.2, 0) is 0 Å². The fourth-order valence-electron chi connectivity index (χ4n) is 2.52. The molecule has 3 aliphatic carbocycles. The number of hydrogen-bond donors (Lipinski definition) is 3. The summed E-state index contributed by atoms with van der Waals surface area (Å²) in [7, 11) is 0. The lowest BCUT2D eigenvalue weighted by atomic mass is 9.72. The molecule has 0 aliphatic heterocycles. The van der Waals surface area contributed by atoms with E-state index in [1.807, 2.05) is 0 Å². The molecule has 0 aromatic rings. The second-order valence-corrected chi connectivity index (χ2v) is 3.93. The van der Waals surface area contributed by atoms with Crippen LogP contribution in [0.2, 0.25) is 0 Å². The predicted octanol–water partition coefficient (Wildman–Crippen LogP) is 0.700. The Kier molecular flexibility index (Phi) is 2.00. The maximum atomic E-state index is 10.3. The summed E-state index contributed by atoms with van der Waals surface area (Å²) in [5, 5.41) is 11.0. The number of rotatable bonds is 1. The van der Waals surface area contributed by atoms with Crippen LogP contribution in [0.3, 0.4) is 0 Å². The van der Waals surface area contributed by atoms with Gasteiger partial charge in [0.15, 0.2) is 0 Å². The number of carboxylic acid groups (broad SMARTS) is 1. The highest BCUT2D eigenvalue weighted by atomic mass is 35.5. The van der Waals surface area contributed by atoms with Crippen LogP contribution in [0.5, 0.6) is 0 Å². The van der Waals surface area contributed by atoms with Gasteiger partial charge in [-0.05, 0) is 25.7 Å². The molecule has 4 nitrogen and oxygen atoms in total. The normalized spacial score (nSPS) is 42.8. The summed E-state index contributed by atoms with van der Waals surface area (Å²) in [4.78, 5) is 10.3. The average Bonchev–Trinajstić information content (AvgIpc) is 2.17. The minimum atomic E-state index is -0.922. The first-order valence-electron chi connectivity index (χ1n) is 3.84. The van der Waals surface area contributed by atoms with Gasteiger partial charge in [-0.25, -0.2) is 4.79 Å². The van der Waals surface area contributed by atoms with Gasteiger partial charge in [0.2, 0.25) is 0 Å². The molecule has 0 aromatic heterocycles. The molecule has 0 saturated heterocycles. The summed E-state index contributed by atoms with van der Waals surface area (Å²) in [5.41, 5.74) is 5.68. The molecular formula is C7H13ClN2O2. The van der Waals surface area contributed by atoms with Crippen LogP contribution in [0.4, 0.5) is 4.79 Å². The molecule has 3 rings (SSSR count). The van der Waals surface area contributed by atoms with Crippen LogP contribution < -0.4 is 11.1 Å². The first-order chi connectivity index (χ1) is 5.04. The highest BCUT2D eigenvalue weighted by Gasteiger charge is 2.59. The van der Waals surface area contributed by atoms with Crippen molar-refractivity contribution in [2.45, 2.75) is 36.8 Å². The Labute approximate surface area is 76.9 Å². The molecule has 4 N–H and O–H groups in total. The molecule has 1 amide bonds. The molecule has 0 radical (unpaired) electrons. The molecule has 0 spiro atoms. The van der Waals surface area contributed by atoms with Gasteiger partial charge >= 0.3 is 6.09 Å². The van der Waals surface area contributed by atoms with Crippen LogP contribution in [-0.4, -0.2) is 22.3 Å².